The summed E-state index contributed by atoms with van der Waals surface area (Å²) in [6.45, 7) is 0.173. The van der Waals surface area contributed by atoms with Crippen LogP contribution in [0.1, 0.15) is 21.5 Å². The van der Waals surface area contributed by atoms with Gasteiger partial charge in [0.15, 0.2) is 0 Å². The third-order valence-corrected chi connectivity index (χ3v) is 3.22. The van der Waals surface area contributed by atoms with Crippen LogP contribution in [0.5, 0.6) is 0 Å². The normalized spacial score (nSPS) is 10.3. The SMILES string of the molecule is O=C(NCc1ccccc1CO)c1ccc(F)cc1Cl. The number of nitrogens with one attached hydrogen (secondary N) is 1. The van der Waals surface area contributed by atoms with Crippen LogP contribution in [0.15, 0.2) is 42.5 Å². The van der Waals surface area contributed by atoms with Gasteiger partial charge in [-0.25, -0.2) is 4.39 Å². The Hall–Kier alpha value is -1.91. The van der Waals surface area contributed by atoms with Gasteiger partial charge in [0.25, 0.3) is 5.91 Å². The number of benzene rings is 2. The Bertz CT molecular complexity index is 631. The Balaban J connectivity index is 2.09. The Morgan fingerprint density at radius 3 is 2.55 bits per heavy atom. The van der Waals surface area contributed by atoms with Crippen molar-refractivity contribution in [2.45, 2.75) is 13.2 Å². The molecule has 0 aliphatic carbocycles. The van der Waals surface area contributed by atoms with Gasteiger partial charge in [-0.1, -0.05) is 35.9 Å². The van der Waals surface area contributed by atoms with Gasteiger partial charge >= 0.3 is 0 Å². The lowest BCUT2D eigenvalue weighted by Gasteiger charge is -2.09. The predicted molar refractivity (Wildman–Crippen MR) is 74.9 cm³/mol. The standard InChI is InChI=1S/C15H13ClFNO2/c16-14-7-12(17)5-6-13(14)15(20)18-8-10-3-1-2-4-11(10)9-19/h1-7,19H,8-9H2,(H,18,20). The summed E-state index contributed by atoms with van der Waals surface area (Å²) >= 11 is 5.82. The smallest absolute Gasteiger partial charge is 0.253 e. The summed E-state index contributed by atoms with van der Waals surface area (Å²) in [5, 5.41) is 12.0. The molecule has 0 fully saturated rings. The van der Waals surface area contributed by atoms with E-state index in [-0.39, 0.29) is 29.6 Å². The highest BCUT2D eigenvalue weighted by atomic mass is 35.5. The number of aliphatic hydroxyl groups is 1. The molecule has 0 aliphatic heterocycles. The quantitative estimate of drug-likeness (QED) is 0.910. The minimum Gasteiger partial charge on any atom is -0.392 e. The van der Waals surface area contributed by atoms with Crippen LogP contribution in [0.4, 0.5) is 4.39 Å². The average molecular weight is 294 g/mol. The third kappa shape index (κ3) is 3.35. The third-order valence-electron chi connectivity index (χ3n) is 2.90. The highest BCUT2D eigenvalue weighted by Gasteiger charge is 2.11. The highest BCUT2D eigenvalue weighted by molar-refractivity contribution is 6.33. The first kappa shape index (κ1) is 14.5. The topological polar surface area (TPSA) is 49.3 Å². The molecule has 0 saturated carbocycles. The summed E-state index contributed by atoms with van der Waals surface area (Å²) in [6.07, 6.45) is 0. The summed E-state index contributed by atoms with van der Waals surface area (Å²) in [6, 6.07) is 10.9. The monoisotopic (exact) mass is 293 g/mol. The maximum absolute atomic E-state index is 12.9. The number of halogens is 2. The molecule has 104 valence electrons. The molecule has 20 heavy (non-hydrogen) atoms. The molecule has 0 spiro atoms. The lowest BCUT2D eigenvalue weighted by molar-refractivity contribution is 0.0950. The Morgan fingerprint density at radius 1 is 1.20 bits per heavy atom. The van der Waals surface area contributed by atoms with Gasteiger partial charge in [0.2, 0.25) is 0 Å². The van der Waals surface area contributed by atoms with Crippen molar-refractivity contribution in [3.63, 3.8) is 0 Å². The zero-order chi connectivity index (χ0) is 14.5. The lowest BCUT2D eigenvalue weighted by Crippen LogP contribution is -2.23. The van der Waals surface area contributed by atoms with Gasteiger partial charge in [-0.3, -0.25) is 4.79 Å². The summed E-state index contributed by atoms with van der Waals surface area (Å²) < 4.78 is 12.9. The lowest BCUT2D eigenvalue weighted by atomic mass is 10.1. The number of rotatable bonds is 4. The van der Waals surface area contributed by atoms with E-state index in [2.05, 4.69) is 5.32 Å². The molecular formula is C15H13ClFNO2. The number of carbonyl (C=O) groups excluding carboxylic acids is 1. The summed E-state index contributed by atoms with van der Waals surface area (Å²) in [4.78, 5) is 12.0. The maximum Gasteiger partial charge on any atom is 0.253 e. The number of carbonyl (C=O) groups is 1. The first-order chi connectivity index (χ1) is 9.61. The van der Waals surface area contributed by atoms with Crippen molar-refractivity contribution in [2.75, 3.05) is 0 Å². The largest absolute Gasteiger partial charge is 0.392 e. The minimum atomic E-state index is -0.489. The number of hydrogen-bond acceptors (Lipinski definition) is 2. The maximum atomic E-state index is 12.9. The fourth-order valence-electron chi connectivity index (χ4n) is 1.83. The van der Waals surface area contributed by atoms with Crippen molar-refractivity contribution in [1.29, 1.82) is 0 Å². The number of aliphatic hydroxyl groups excluding tert-OH is 1. The molecule has 0 unspecified atom stereocenters. The highest BCUT2D eigenvalue weighted by Crippen LogP contribution is 2.17. The second-order valence-corrected chi connectivity index (χ2v) is 4.64. The first-order valence-electron chi connectivity index (χ1n) is 6.02. The number of amides is 1. The second-order valence-electron chi connectivity index (χ2n) is 4.23. The van der Waals surface area contributed by atoms with Gasteiger partial charge in [-0.15, -0.1) is 0 Å². The molecule has 0 radical (unpaired) electrons. The molecule has 0 bridgehead atoms. The summed E-state index contributed by atoms with van der Waals surface area (Å²) in [5.41, 5.74) is 1.79. The van der Waals surface area contributed by atoms with Gasteiger partial charge < -0.3 is 10.4 Å². The van der Waals surface area contributed by atoms with E-state index in [1.807, 2.05) is 18.2 Å². The Labute approximate surface area is 121 Å². The van der Waals surface area contributed by atoms with E-state index in [0.717, 1.165) is 17.2 Å². The zero-order valence-electron chi connectivity index (χ0n) is 10.6. The Kier molecular flexibility index (Phi) is 4.71. The van der Waals surface area contributed by atoms with Gasteiger partial charge in [0.1, 0.15) is 5.82 Å². The van der Waals surface area contributed by atoms with Crippen LogP contribution in [-0.2, 0) is 13.2 Å². The van der Waals surface area contributed by atoms with Crippen LogP contribution in [0.2, 0.25) is 5.02 Å². The van der Waals surface area contributed by atoms with Crippen LogP contribution in [0, 0.1) is 5.82 Å². The van der Waals surface area contributed by atoms with E-state index >= 15 is 0 Å². The van der Waals surface area contributed by atoms with E-state index in [0.29, 0.717) is 0 Å². The first-order valence-corrected chi connectivity index (χ1v) is 6.40. The molecule has 0 aliphatic rings. The van der Waals surface area contributed by atoms with Crippen molar-refractivity contribution in [3.8, 4) is 0 Å². The van der Waals surface area contributed by atoms with Crippen molar-refractivity contribution in [2.24, 2.45) is 0 Å². The molecule has 3 nitrogen and oxygen atoms in total. The van der Waals surface area contributed by atoms with Crippen LogP contribution in [0.3, 0.4) is 0 Å². The molecule has 0 heterocycles. The van der Waals surface area contributed by atoms with Gasteiger partial charge in [-0.05, 0) is 29.3 Å². The number of hydrogen-bond donors (Lipinski definition) is 2. The fraction of sp³-hybridized carbons (Fsp3) is 0.133. The zero-order valence-corrected chi connectivity index (χ0v) is 11.3. The molecule has 2 aromatic carbocycles. The van der Waals surface area contributed by atoms with Gasteiger partial charge in [0.05, 0.1) is 17.2 Å². The van der Waals surface area contributed by atoms with Crippen molar-refractivity contribution in [1.82, 2.24) is 5.32 Å². The molecule has 0 aromatic heterocycles. The molecule has 1 amide bonds. The van der Waals surface area contributed by atoms with Crippen molar-refractivity contribution in [3.05, 3.63) is 70.0 Å². The molecule has 2 rings (SSSR count). The summed E-state index contributed by atoms with van der Waals surface area (Å²) in [7, 11) is 0. The van der Waals surface area contributed by atoms with E-state index in [4.69, 9.17) is 11.6 Å². The minimum absolute atomic E-state index is 0.0675. The van der Waals surface area contributed by atoms with Crippen molar-refractivity contribution >= 4 is 17.5 Å². The molecular weight excluding hydrogens is 281 g/mol. The summed E-state index contributed by atoms with van der Waals surface area (Å²) in [5.74, 6) is -0.875. The molecule has 2 N–H and O–H groups in total. The average Bonchev–Trinajstić information content (AvgIpc) is 2.45. The predicted octanol–water partition coefficient (Wildman–Crippen LogP) is 2.90. The van der Waals surface area contributed by atoms with Crippen LogP contribution >= 0.6 is 11.6 Å². The molecule has 0 atom stereocenters. The fourth-order valence-corrected chi connectivity index (χ4v) is 2.08. The van der Waals surface area contributed by atoms with E-state index in [1.165, 1.54) is 12.1 Å². The van der Waals surface area contributed by atoms with Crippen LogP contribution in [0.25, 0.3) is 0 Å². The molecule has 5 heteroatoms. The van der Waals surface area contributed by atoms with Crippen molar-refractivity contribution < 1.29 is 14.3 Å². The van der Waals surface area contributed by atoms with E-state index < -0.39 is 5.82 Å². The van der Waals surface area contributed by atoms with Gasteiger partial charge in [-0.2, -0.15) is 0 Å². The van der Waals surface area contributed by atoms with Gasteiger partial charge in [0, 0.05) is 6.54 Å². The molecule has 0 saturated heterocycles. The van der Waals surface area contributed by atoms with Crippen LogP contribution in [-0.4, -0.2) is 11.0 Å². The van der Waals surface area contributed by atoms with E-state index in [1.54, 1.807) is 6.07 Å². The second kappa shape index (κ2) is 6.50. The Morgan fingerprint density at radius 2 is 1.90 bits per heavy atom. The van der Waals surface area contributed by atoms with Crippen LogP contribution < -0.4 is 5.32 Å². The van der Waals surface area contributed by atoms with E-state index in [9.17, 15) is 14.3 Å². The molecule has 2 aromatic rings.